The average molecular weight is 391 g/mol. The molecule has 0 atom stereocenters. The van der Waals surface area contributed by atoms with Crippen LogP contribution in [-0.4, -0.2) is 21.2 Å². The summed E-state index contributed by atoms with van der Waals surface area (Å²) in [7, 11) is 0. The van der Waals surface area contributed by atoms with Crippen molar-refractivity contribution in [2.75, 3.05) is 0 Å². The Morgan fingerprint density at radius 1 is 1.07 bits per heavy atom. The normalized spacial score (nSPS) is 10.8. The molecule has 2 heterocycles. The Kier molecular flexibility index (Phi) is 5.25. The third-order valence-electron chi connectivity index (χ3n) is 3.99. The zero-order valence-corrected chi connectivity index (χ0v) is 16.0. The first-order chi connectivity index (χ1) is 13.7. The number of nitrogens with zero attached hydrogens (tertiary/aromatic N) is 3. The van der Waals surface area contributed by atoms with Gasteiger partial charge in [-0.15, -0.1) is 21.5 Å². The van der Waals surface area contributed by atoms with Crippen LogP contribution in [0.25, 0.3) is 22.0 Å². The lowest BCUT2D eigenvalue weighted by Gasteiger charge is -2.00. The van der Waals surface area contributed by atoms with E-state index in [0.29, 0.717) is 11.6 Å². The fraction of sp³-hybridized carbons (Fsp3) is 0.143. The second-order valence-corrected chi connectivity index (χ2v) is 7.08. The average Bonchev–Trinajstić information content (AvgIpc) is 3.37. The van der Waals surface area contributed by atoms with Crippen molar-refractivity contribution in [1.82, 2.24) is 15.2 Å². The van der Waals surface area contributed by atoms with Crippen molar-refractivity contribution in [3.63, 3.8) is 0 Å². The van der Waals surface area contributed by atoms with E-state index in [-0.39, 0.29) is 24.9 Å². The van der Waals surface area contributed by atoms with Crippen molar-refractivity contribution in [1.29, 1.82) is 0 Å². The fourth-order valence-corrected chi connectivity index (χ4v) is 3.47. The summed E-state index contributed by atoms with van der Waals surface area (Å²) in [5.41, 5.74) is 3.72. The highest BCUT2D eigenvalue weighted by atomic mass is 32.1. The van der Waals surface area contributed by atoms with Crippen LogP contribution in [0.4, 0.5) is 0 Å². The molecule has 0 amide bonds. The van der Waals surface area contributed by atoms with Gasteiger partial charge in [0.2, 0.25) is 5.89 Å². The third kappa shape index (κ3) is 4.32. The van der Waals surface area contributed by atoms with Gasteiger partial charge in [-0.25, -0.2) is 4.98 Å². The predicted octanol–water partition coefficient (Wildman–Crippen LogP) is 4.45. The van der Waals surface area contributed by atoms with E-state index in [0.717, 1.165) is 16.1 Å². The maximum atomic E-state index is 12.1. The molecular formula is C21H17N3O3S. The molecule has 2 aromatic carbocycles. The molecule has 0 bridgehead atoms. The minimum absolute atomic E-state index is 0.0620. The highest BCUT2D eigenvalue weighted by Gasteiger charge is 2.13. The summed E-state index contributed by atoms with van der Waals surface area (Å²) in [6, 6.07) is 17.5. The van der Waals surface area contributed by atoms with E-state index in [2.05, 4.69) is 21.2 Å². The first-order valence-corrected chi connectivity index (χ1v) is 9.60. The summed E-state index contributed by atoms with van der Waals surface area (Å²) < 4.78 is 10.8. The molecule has 4 aromatic rings. The highest BCUT2D eigenvalue weighted by molar-refractivity contribution is 7.13. The highest BCUT2D eigenvalue weighted by Crippen LogP contribution is 2.24. The van der Waals surface area contributed by atoms with Gasteiger partial charge in [-0.05, 0) is 25.1 Å². The summed E-state index contributed by atoms with van der Waals surface area (Å²) >= 11 is 1.51. The molecule has 140 valence electrons. The molecule has 0 spiro atoms. The number of hydrogen-bond acceptors (Lipinski definition) is 7. The lowest BCUT2D eigenvalue weighted by molar-refractivity contribution is -0.144. The Bertz CT molecular complexity index is 1090. The van der Waals surface area contributed by atoms with E-state index < -0.39 is 0 Å². The molecule has 7 heteroatoms. The van der Waals surface area contributed by atoms with Crippen LogP contribution in [0.5, 0.6) is 0 Å². The molecule has 6 nitrogen and oxygen atoms in total. The minimum atomic E-state index is -0.388. The Morgan fingerprint density at radius 3 is 2.71 bits per heavy atom. The standard InChI is InChI=1S/C21H17N3O3S/c1-14-6-5-9-16(10-14)21-22-17(13-28-21)11-19(25)26-12-18-23-24-20(27-18)15-7-3-2-4-8-15/h2-10,13H,11-12H2,1H3. The molecule has 0 fully saturated rings. The largest absolute Gasteiger partial charge is 0.455 e. The molecule has 0 aliphatic carbocycles. The van der Waals surface area contributed by atoms with Crippen molar-refractivity contribution < 1.29 is 13.9 Å². The van der Waals surface area contributed by atoms with Crippen LogP contribution < -0.4 is 0 Å². The van der Waals surface area contributed by atoms with Crippen molar-refractivity contribution in [3.8, 4) is 22.0 Å². The third-order valence-corrected chi connectivity index (χ3v) is 4.93. The van der Waals surface area contributed by atoms with Crippen molar-refractivity contribution in [2.24, 2.45) is 0 Å². The van der Waals surface area contributed by atoms with E-state index in [1.807, 2.05) is 60.8 Å². The molecule has 0 unspecified atom stereocenters. The van der Waals surface area contributed by atoms with Gasteiger partial charge in [-0.2, -0.15) is 0 Å². The monoisotopic (exact) mass is 391 g/mol. The van der Waals surface area contributed by atoms with Crippen LogP contribution in [0.2, 0.25) is 0 Å². The molecule has 0 saturated heterocycles. The van der Waals surface area contributed by atoms with Crippen molar-refractivity contribution in [3.05, 3.63) is 77.1 Å². The SMILES string of the molecule is Cc1cccc(-c2nc(CC(=O)OCc3nnc(-c4ccccc4)o3)cs2)c1. The van der Waals surface area contributed by atoms with Crippen LogP contribution in [-0.2, 0) is 22.6 Å². The van der Waals surface area contributed by atoms with Gasteiger partial charge in [-0.3, -0.25) is 4.79 Å². The van der Waals surface area contributed by atoms with E-state index in [9.17, 15) is 4.79 Å². The number of carbonyl (C=O) groups excluding carboxylic acids is 1. The van der Waals surface area contributed by atoms with Gasteiger partial charge in [-0.1, -0.05) is 42.0 Å². The number of benzene rings is 2. The predicted molar refractivity (Wildman–Crippen MR) is 106 cm³/mol. The topological polar surface area (TPSA) is 78.1 Å². The molecule has 2 aromatic heterocycles. The van der Waals surface area contributed by atoms with Gasteiger partial charge in [0.15, 0.2) is 6.61 Å². The van der Waals surface area contributed by atoms with E-state index in [1.54, 1.807) is 0 Å². The lowest BCUT2D eigenvalue weighted by Crippen LogP contribution is -2.08. The van der Waals surface area contributed by atoms with Crippen LogP contribution >= 0.6 is 11.3 Å². The summed E-state index contributed by atoms with van der Waals surface area (Å²) in [4.78, 5) is 16.6. The summed E-state index contributed by atoms with van der Waals surface area (Å²) in [5.74, 6) is 0.264. The number of ether oxygens (including phenoxy) is 1. The van der Waals surface area contributed by atoms with E-state index in [4.69, 9.17) is 9.15 Å². The Labute approximate surface area is 165 Å². The molecule has 0 aliphatic rings. The number of aryl methyl sites for hydroxylation is 1. The van der Waals surface area contributed by atoms with Gasteiger partial charge in [0.05, 0.1) is 12.1 Å². The first kappa shape index (κ1) is 18.1. The first-order valence-electron chi connectivity index (χ1n) is 8.72. The number of hydrogen-bond donors (Lipinski definition) is 0. The zero-order chi connectivity index (χ0) is 19.3. The Hall–Kier alpha value is -3.32. The fourth-order valence-electron chi connectivity index (χ4n) is 2.65. The number of aromatic nitrogens is 3. The molecule has 0 saturated carbocycles. The Balaban J connectivity index is 1.34. The van der Waals surface area contributed by atoms with Crippen molar-refractivity contribution in [2.45, 2.75) is 20.0 Å². The van der Waals surface area contributed by atoms with Gasteiger partial charge in [0.25, 0.3) is 5.89 Å². The maximum absolute atomic E-state index is 12.1. The maximum Gasteiger partial charge on any atom is 0.312 e. The lowest BCUT2D eigenvalue weighted by atomic mass is 10.1. The van der Waals surface area contributed by atoms with Gasteiger partial charge in [0.1, 0.15) is 5.01 Å². The number of esters is 1. The minimum Gasteiger partial charge on any atom is -0.455 e. The summed E-state index contributed by atoms with van der Waals surface area (Å²) in [6.07, 6.45) is 0.0992. The molecule has 0 aliphatic heterocycles. The van der Waals surface area contributed by atoms with E-state index in [1.165, 1.54) is 16.9 Å². The second kappa shape index (κ2) is 8.14. The molecule has 0 radical (unpaired) electrons. The second-order valence-electron chi connectivity index (χ2n) is 6.22. The van der Waals surface area contributed by atoms with Crippen LogP contribution in [0.1, 0.15) is 17.1 Å². The number of thiazole rings is 1. The van der Waals surface area contributed by atoms with Gasteiger partial charge < -0.3 is 9.15 Å². The summed E-state index contributed by atoms with van der Waals surface area (Å²) in [6.45, 7) is 1.98. The summed E-state index contributed by atoms with van der Waals surface area (Å²) in [5, 5.41) is 10.6. The quantitative estimate of drug-likeness (QED) is 0.452. The van der Waals surface area contributed by atoms with Crippen LogP contribution in [0, 0.1) is 6.92 Å². The van der Waals surface area contributed by atoms with Crippen molar-refractivity contribution >= 4 is 17.3 Å². The molecular weight excluding hydrogens is 374 g/mol. The van der Waals surface area contributed by atoms with Gasteiger partial charge >= 0.3 is 5.97 Å². The zero-order valence-electron chi connectivity index (χ0n) is 15.2. The number of rotatable bonds is 6. The molecule has 4 rings (SSSR count). The van der Waals surface area contributed by atoms with Crippen LogP contribution in [0.3, 0.4) is 0 Å². The van der Waals surface area contributed by atoms with Gasteiger partial charge in [0, 0.05) is 16.5 Å². The van der Waals surface area contributed by atoms with E-state index >= 15 is 0 Å². The Morgan fingerprint density at radius 2 is 1.89 bits per heavy atom. The van der Waals surface area contributed by atoms with Crippen LogP contribution in [0.15, 0.2) is 64.4 Å². The smallest absolute Gasteiger partial charge is 0.312 e. The number of carbonyl (C=O) groups is 1. The molecule has 28 heavy (non-hydrogen) atoms. The molecule has 0 N–H and O–H groups in total.